The molecule has 2 heterocycles. The summed E-state index contributed by atoms with van der Waals surface area (Å²) in [6.07, 6.45) is -0.913. The summed E-state index contributed by atoms with van der Waals surface area (Å²) in [6, 6.07) is 2.29. The van der Waals surface area contributed by atoms with E-state index in [-0.39, 0.29) is 17.7 Å². The third-order valence-corrected chi connectivity index (χ3v) is 5.32. The molecule has 0 saturated carbocycles. The number of carbonyl (C=O) groups excluding carboxylic acids is 1. The largest absolute Gasteiger partial charge is 0.444 e. The summed E-state index contributed by atoms with van der Waals surface area (Å²) in [7, 11) is 0. The number of rotatable bonds is 4. The Labute approximate surface area is 190 Å². The molecule has 0 bridgehead atoms. The summed E-state index contributed by atoms with van der Waals surface area (Å²) in [4.78, 5) is 22.8. The van der Waals surface area contributed by atoms with E-state index in [9.17, 15) is 22.4 Å². The van der Waals surface area contributed by atoms with Gasteiger partial charge in [-0.15, -0.1) is 0 Å². The van der Waals surface area contributed by atoms with Gasteiger partial charge in [-0.05, 0) is 59.1 Å². The number of likely N-dealkylation sites (tertiary alicyclic amines) is 1. The van der Waals surface area contributed by atoms with Crippen LogP contribution in [0.3, 0.4) is 0 Å². The third kappa shape index (κ3) is 6.33. The number of alkyl halides is 3. The van der Waals surface area contributed by atoms with E-state index in [0.717, 1.165) is 31.4 Å². The minimum atomic E-state index is -4.62. The van der Waals surface area contributed by atoms with Crippen molar-refractivity contribution in [3.63, 3.8) is 0 Å². The topological polar surface area (TPSA) is 67.4 Å². The van der Waals surface area contributed by atoms with Gasteiger partial charge in [0.1, 0.15) is 11.4 Å². The molecule has 33 heavy (non-hydrogen) atoms. The molecule has 1 amide bonds. The Morgan fingerprint density at radius 3 is 2.55 bits per heavy atom. The fourth-order valence-corrected chi connectivity index (χ4v) is 3.71. The summed E-state index contributed by atoms with van der Waals surface area (Å²) in [6.45, 7) is 8.10. The van der Waals surface area contributed by atoms with E-state index in [1.807, 2.05) is 20.8 Å². The second-order valence-corrected chi connectivity index (χ2v) is 9.09. The van der Waals surface area contributed by atoms with Gasteiger partial charge < -0.3 is 15.0 Å². The molecule has 1 N–H and O–H groups in total. The SMILES string of the molecule is Cc1nc(NCC2CCCCN2C(=O)OC(C)(C)C)ncc1-c1ccc(C(F)(F)F)cc1F. The number of amides is 1. The number of nitrogens with one attached hydrogen (secondary N) is 1. The number of hydrogen-bond donors (Lipinski definition) is 1. The molecule has 0 radical (unpaired) electrons. The predicted molar refractivity (Wildman–Crippen MR) is 116 cm³/mol. The highest BCUT2D eigenvalue weighted by Gasteiger charge is 2.32. The van der Waals surface area contributed by atoms with Crippen LogP contribution in [0.25, 0.3) is 11.1 Å². The molecule has 1 aromatic carbocycles. The minimum absolute atomic E-state index is 0.00423. The lowest BCUT2D eigenvalue weighted by atomic mass is 10.0. The van der Waals surface area contributed by atoms with Crippen LogP contribution < -0.4 is 5.32 Å². The first-order valence-electron chi connectivity index (χ1n) is 10.8. The van der Waals surface area contributed by atoms with Crippen molar-refractivity contribution < 1.29 is 27.1 Å². The van der Waals surface area contributed by atoms with E-state index in [1.54, 1.807) is 11.8 Å². The lowest BCUT2D eigenvalue weighted by Crippen LogP contribution is -2.49. The van der Waals surface area contributed by atoms with E-state index >= 15 is 0 Å². The summed E-state index contributed by atoms with van der Waals surface area (Å²) >= 11 is 0. The van der Waals surface area contributed by atoms with Crippen LogP contribution in [-0.4, -0.2) is 45.7 Å². The molecule has 1 atom stereocenters. The van der Waals surface area contributed by atoms with Crippen LogP contribution in [0.4, 0.5) is 28.3 Å². The Balaban J connectivity index is 1.71. The molecule has 180 valence electrons. The molecule has 0 aliphatic carbocycles. The second-order valence-electron chi connectivity index (χ2n) is 9.09. The number of piperidine rings is 1. The van der Waals surface area contributed by atoms with Crippen LogP contribution in [-0.2, 0) is 10.9 Å². The van der Waals surface area contributed by atoms with Gasteiger partial charge in [-0.1, -0.05) is 6.07 Å². The molecular weight excluding hydrogens is 440 g/mol. The summed E-state index contributed by atoms with van der Waals surface area (Å²) < 4.78 is 58.3. The lowest BCUT2D eigenvalue weighted by Gasteiger charge is -2.36. The van der Waals surface area contributed by atoms with Gasteiger partial charge >= 0.3 is 12.3 Å². The van der Waals surface area contributed by atoms with Crippen LogP contribution in [0.2, 0.25) is 0 Å². The fourth-order valence-electron chi connectivity index (χ4n) is 3.71. The molecule has 3 rings (SSSR count). The maximum absolute atomic E-state index is 14.4. The maximum Gasteiger partial charge on any atom is 0.416 e. The van der Waals surface area contributed by atoms with Gasteiger partial charge in [0, 0.05) is 30.4 Å². The highest BCUT2D eigenvalue weighted by molar-refractivity contribution is 5.69. The highest BCUT2D eigenvalue weighted by atomic mass is 19.4. The second kappa shape index (κ2) is 9.52. The van der Waals surface area contributed by atoms with Crippen molar-refractivity contribution in [2.24, 2.45) is 0 Å². The third-order valence-electron chi connectivity index (χ3n) is 5.32. The molecule has 2 aromatic rings. The van der Waals surface area contributed by atoms with Gasteiger partial charge in [0.15, 0.2) is 0 Å². The molecule has 0 spiro atoms. The standard InChI is InChI=1S/C23H28F4N4O2/c1-14-18(17-9-8-15(11-19(17)24)23(25,26)27)13-29-20(30-14)28-12-16-7-5-6-10-31(16)21(32)33-22(2,3)4/h8-9,11,13,16H,5-7,10,12H2,1-4H3,(H,28,29,30). The normalized spacial score (nSPS) is 17.1. The molecular formula is C23H28F4N4O2. The fraction of sp³-hybridized carbons (Fsp3) is 0.522. The maximum atomic E-state index is 14.4. The molecule has 1 aromatic heterocycles. The number of ether oxygens (including phenoxy) is 1. The van der Waals surface area contributed by atoms with Crippen molar-refractivity contribution in [1.29, 1.82) is 0 Å². The summed E-state index contributed by atoms with van der Waals surface area (Å²) in [5.74, 6) is -0.703. The van der Waals surface area contributed by atoms with Crippen LogP contribution in [0.1, 0.15) is 51.3 Å². The van der Waals surface area contributed by atoms with Crippen LogP contribution in [0.15, 0.2) is 24.4 Å². The smallest absolute Gasteiger partial charge is 0.416 e. The molecule has 1 fully saturated rings. The van der Waals surface area contributed by atoms with E-state index in [1.165, 1.54) is 6.20 Å². The Kier molecular flexibility index (Phi) is 7.14. The zero-order valence-electron chi connectivity index (χ0n) is 19.1. The van der Waals surface area contributed by atoms with Crippen LogP contribution in [0, 0.1) is 12.7 Å². The van der Waals surface area contributed by atoms with Crippen molar-refractivity contribution in [1.82, 2.24) is 14.9 Å². The highest BCUT2D eigenvalue weighted by Crippen LogP contribution is 2.33. The molecule has 1 aliphatic rings. The number of aryl methyl sites for hydroxylation is 1. The van der Waals surface area contributed by atoms with Crippen molar-refractivity contribution in [3.8, 4) is 11.1 Å². The van der Waals surface area contributed by atoms with Gasteiger partial charge in [0.05, 0.1) is 17.3 Å². The van der Waals surface area contributed by atoms with E-state index < -0.39 is 23.2 Å². The van der Waals surface area contributed by atoms with Crippen LogP contribution >= 0.6 is 0 Å². The van der Waals surface area contributed by atoms with Gasteiger partial charge in [-0.25, -0.2) is 19.2 Å². The van der Waals surface area contributed by atoms with Crippen LogP contribution in [0.5, 0.6) is 0 Å². The average Bonchev–Trinajstić information content (AvgIpc) is 2.71. The quantitative estimate of drug-likeness (QED) is 0.574. The Bertz CT molecular complexity index is 1000. The molecule has 1 saturated heterocycles. The zero-order valence-corrected chi connectivity index (χ0v) is 19.1. The number of benzene rings is 1. The number of halogens is 4. The molecule has 10 heteroatoms. The average molecular weight is 468 g/mol. The molecule has 1 aliphatic heterocycles. The number of nitrogens with zero attached hydrogens (tertiary/aromatic N) is 3. The van der Waals surface area contributed by atoms with Gasteiger partial charge in [-0.3, -0.25) is 0 Å². The Morgan fingerprint density at radius 1 is 1.21 bits per heavy atom. The number of hydrogen-bond acceptors (Lipinski definition) is 5. The first-order valence-corrected chi connectivity index (χ1v) is 10.8. The summed E-state index contributed by atoms with van der Waals surface area (Å²) in [5.41, 5.74) is -0.924. The van der Waals surface area contributed by atoms with Gasteiger partial charge in [-0.2, -0.15) is 13.2 Å². The molecule has 1 unspecified atom stereocenters. The van der Waals surface area contributed by atoms with Gasteiger partial charge in [0.25, 0.3) is 0 Å². The van der Waals surface area contributed by atoms with E-state index in [0.29, 0.717) is 36.4 Å². The van der Waals surface area contributed by atoms with Crippen molar-refractivity contribution >= 4 is 12.0 Å². The predicted octanol–water partition coefficient (Wildman–Crippen LogP) is 5.81. The monoisotopic (exact) mass is 468 g/mol. The lowest BCUT2D eigenvalue weighted by molar-refractivity contribution is -0.137. The van der Waals surface area contributed by atoms with Gasteiger partial charge in [0.2, 0.25) is 5.95 Å². The number of carbonyl (C=O) groups is 1. The number of anilines is 1. The van der Waals surface area contributed by atoms with Crippen molar-refractivity contribution in [2.75, 3.05) is 18.4 Å². The summed E-state index contributed by atoms with van der Waals surface area (Å²) in [5, 5.41) is 3.11. The minimum Gasteiger partial charge on any atom is -0.444 e. The van der Waals surface area contributed by atoms with E-state index in [4.69, 9.17) is 4.74 Å². The number of aromatic nitrogens is 2. The first-order chi connectivity index (χ1) is 15.3. The van der Waals surface area contributed by atoms with E-state index in [2.05, 4.69) is 15.3 Å². The first kappa shape index (κ1) is 24.7. The van der Waals surface area contributed by atoms with Crippen molar-refractivity contribution in [2.45, 2.75) is 64.8 Å². The Hall–Kier alpha value is -2.91. The zero-order chi connectivity index (χ0) is 24.4. The Morgan fingerprint density at radius 2 is 1.94 bits per heavy atom. The van der Waals surface area contributed by atoms with Crippen molar-refractivity contribution in [3.05, 3.63) is 41.5 Å². The molecule has 6 nitrogen and oxygen atoms in total.